The number of hydrogen-bond donors (Lipinski definition) is 1. The molecule has 0 saturated heterocycles. The average molecular weight is 291 g/mol. The number of carbonyl (C=O) groups excluding carboxylic acids is 1. The third-order valence-electron chi connectivity index (χ3n) is 3.17. The van der Waals surface area contributed by atoms with Crippen LogP contribution in [0, 0.1) is 5.82 Å². The molecule has 1 aromatic carbocycles. The summed E-state index contributed by atoms with van der Waals surface area (Å²) >= 11 is 0. The number of rotatable bonds is 3. The van der Waals surface area contributed by atoms with Crippen molar-refractivity contribution in [3.8, 4) is 0 Å². The van der Waals surface area contributed by atoms with Crippen LogP contribution in [-0.2, 0) is 20.6 Å². The van der Waals surface area contributed by atoms with E-state index < -0.39 is 23.0 Å². The van der Waals surface area contributed by atoms with Crippen LogP contribution >= 0.6 is 0 Å². The van der Waals surface area contributed by atoms with Crippen LogP contribution in [0.15, 0.2) is 39.9 Å². The molecule has 0 aliphatic rings. The van der Waals surface area contributed by atoms with Gasteiger partial charge in [0.15, 0.2) is 0 Å². The van der Waals surface area contributed by atoms with E-state index in [1.807, 2.05) is 0 Å². The van der Waals surface area contributed by atoms with Crippen LogP contribution in [0.3, 0.4) is 0 Å². The molecule has 0 fully saturated rings. The highest BCUT2D eigenvalue weighted by molar-refractivity contribution is 5.94. The summed E-state index contributed by atoms with van der Waals surface area (Å²) in [7, 11) is 2.86. The number of benzene rings is 1. The Morgan fingerprint density at radius 1 is 1.19 bits per heavy atom. The summed E-state index contributed by atoms with van der Waals surface area (Å²) < 4.78 is 15.7. The molecule has 7 heteroatoms. The van der Waals surface area contributed by atoms with Gasteiger partial charge in [-0.1, -0.05) is 12.1 Å². The minimum atomic E-state index is -0.632. The maximum Gasteiger partial charge on any atom is 0.330 e. The molecular formula is C14H14FN3O3. The molecule has 2 aromatic rings. The van der Waals surface area contributed by atoms with Gasteiger partial charge >= 0.3 is 5.69 Å². The predicted octanol–water partition coefficient (Wildman–Crippen LogP) is 0.153. The second kappa shape index (κ2) is 5.74. The first-order chi connectivity index (χ1) is 9.91. The first kappa shape index (κ1) is 14.7. The lowest BCUT2D eigenvalue weighted by Crippen LogP contribution is -2.39. The van der Waals surface area contributed by atoms with Crippen LogP contribution in [0.25, 0.3) is 0 Å². The van der Waals surface area contributed by atoms with Crippen molar-refractivity contribution in [2.45, 2.75) is 6.54 Å². The highest BCUT2D eigenvalue weighted by Gasteiger charge is 2.12. The fraction of sp³-hybridized carbons (Fsp3) is 0.214. The van der Waals surface area contributed by atoms with Gasteiger partial charge in [-0.2, -0.15) is 0 Å². The van der Waals surface area contributed by atoms with E-state index in [9.17, 15) is 18.8 Å². The van der Waals surface area contributed by atoms with E-state index in [2.05, 4.69) is 5.32 Å². The minimum Gasteiger partial charge on any atom is -0.346 e. The zero-order valence-electron chi connectivity index (χ0n) is 11.6. The van der Waals surface area contributed by atoms with E-state index in [0.29, 0.717) is 5.69 Å². The van der Waals surface area contributed by atoms with Crippen molar-refractivity contribution >= 4 is 5.91 Å². The molecule has 1 N–H and O–H groups in total. The van der Waals surface area contributed by atoms with Gasteiger partial charge in [-0.3, -0.25) is 18.7 Å². The Bertz CT molecular complexity index is 808. The summed E-state index contributed by atoms with van der Waals surface area (Å²) in [5, 5.41) is 2.48. The molecule has 0 spiro atoms. The Balaban J connectivity index is 2.22. The van der Waals surface area contributed by atoms with Crippen LogP contribution < -0.4 is 16.6 Å². The molecule has 1 aromatic heterocycles. The SMILES string of the molecule is Cn1c(CNC(=O)c2ccccc2F)cc(=O)n(C)c1=O. The Hall–Kier alpha value is -2.70. The molecule has 0 unspecified atom stereocenters. The van der Waals surface area contributed by atoms with Gasteiger partial charge in [0.1, 0.15) is 5.82 Å². The number of carbonyl (C=O) groups is 1. The first-order valence-electron chi connectivity index (χ1n) is 6.20. The Kier molecular flexibility index (Phi) is 4.02. The summed E-state index contributed by atoms with van der Waals surface area (Å²) in [5.74, 6) is -1.24. The van der Waals surface area contributed by atoms with E-state index >= 15 is 0 Å². The van der Waals surface area contributed by atoms with Gasteiger partial charge in [0.05, 0.1) is 12.1 Å². The predicted molar refractivity (Wildman–Crippen MR) is 74.5 cm³/mol. The highest BCUT2D eigenvalue weighted by atomic mass is 19.1. The molecule has 0 aliphatic heterocycles. The average Bonchev–Trinajstić information content (AvgIpc) is 2.47. The van der Waals surface area contributed by atoms with Gasteiger partial charge < -0.3 is 5.32 Å². The van der Waals surface area contributed by atoms with Crippen molar-refractivity contribution in [1.82, 2.24) is 14.5 Å². The van der Waals surface area contributed by atoms with Gasteiger partial charge in [0.25, 0.3) is 11.5 Å². The fourth-order valence-corrected chi connectivity index (χ4v) is 1.86. The number of amides is 1. The third-order valence-corrected chi connectivity index (χ3v) is 3.17. The summed E-state index contributed by atoms with van der Waals surface area (Å²) in [6, 6.07) is 6.82. The second-order valence-electron chi connectivity index (χ2n) is 4.54. The number of nitrogens with one attached hydrogen (secondary N) is 1. The Morgan fingerprint density at radius 2 is 1.86 bits per heavy atom. The summed E-state index contributed by atoms with van der Waals surface area (Å²) in [5.41, 5.74) is -0.704. The molecule has 0 atom stereocenters. The van der Waals surface area contributed by atoms with Gasteiger partial charge in [-0.15, -0.1) is 0 Å². The molecule has 0 saturated carbocycles. The summed E-state index contributed by atoms with van der Waals surface area (Å²) in [4.78, 5) is 35.2. The third kappa shape index (κ3) is 2.91. The van der Waals surface area contributed by atoms with E-state index in [4.69, 9.17) is 0 Å². The first-order valence-corrected chi connectivity index (χ1v) is 6.20. The van der Waals surface area contributed by atoms with Crippen molar-refractivity contribution in [3.63, 3.8) is 0 Å². The van der Waals surface area contributed by atoms with Gasteiger partial charge in [-0.05, 0) is 12.1 Å². The van der Waals surface area contributed by atoms with Crippen LogP contribution in [0.2, 0.25) is 0 Å². The number of halogens is 1. The Labute approximate surface area is 119 Å². The molecule has 1 heterocycles. The standard InChI is InChI=1S/C14H14FN3O3/c1-17-9(7-12(19)18(2)14(17)21)8-16-13(20)10-5-3-4-6-11(10)15/h3-7H,8H2,1-2H3,(H,16,20). The van der Waals surface area contributed by atoms with Crippen molar-refractivity contribution < 1.29 is 9.18 Å². The van der Waals surface area contributed by atoms with E-state index in [1.165, 1.54) is 42.9 Å². The topological polar surface area (TPSA) is 73.1 Å². The summed E-state index contributed by atoms with van der Waals surface area (Å²) in [6.07, 6.45) is 0. The lowest BCUT2D eigenvalue weighted by molar-refractivity contribution is 0.0946. The molecule has 6 nitrogen and oxygen atoms in total. The van der Waals surface area contributed by atoms with E-state index in [1.54, 1.807) is 6.07 Å². The molecule has 21 heavy (non-hydrogen) atoms. The molecular weight excluding hydrogens is 277 g/mol. The van der Waals surface area contributed by atoms with Crippen LogP contribution in [-0.4, -0.2) is 15.0 Å². The maximum atomic E-state index is 13.5. The van der Waals surface area contributed by atoms with Crippen LogP contribution in [0.5, 0.6) is 0 Å². The smallest absolute Gasteiger partial charge is 0.330 e. The summed E-state index contributed by atoms with van der Waals surface area (Å²) in [6.45, 7) is -0.0466. The zero-order chi connectivity index (χ0) is 15.6. The molecule has 110 valence electrons. The normalized spacial score (nSPS) is 10.4. The van der Waals surface area contributed by atoms with Gasteiger partial charge in [0.2, 0.25) is 0 Å². The van der Waals surface area contributed by atoms with Crippen molar-refractivity contribution in [1.29, 1.82) is 0 Å². The molecule has 0 aliphatic carbocycles. The van der Waals surface area contributed by atoms with Crippen LogP contribution in [0.1, 0.15) is 16.1 Å². The van der Waals surface area contributed by atoms with E-state index in [-0.39, 0.29) is 12.1 Å². The Morgan fingerprint density at radius 3 is 2.52 bits per heavy atom. The van der Waals surface area contributed by atoms with Crippen molar-refractivity contribution in [3.05, 3.63) is 68.2 Å². The van der Waals surface area contributed by atoms with Crippen molar-refractivity contribution in [2.75, 3.05) is 0 Å². The molecule has 1 amide bonds. The number of aromatic nitrogens is 2. The molecule has 0 radical (unpaired) electrons. The molecule has 0 bridgehead atoms. The lowest BCUT2D eigenvalue weighted by Gasteiger charge is -2.10. The maximum absolute atomic E-state index is 13.5. The number of nitrogens with zero attached hydrogens (tertiary/aromatic N) is 2. The van der Waals surface area contributed by atoms with E-state index in [0.717, 1.165) is 4.57 Å². The van der Waals surface area contributed by atoms with Gasteiger partial charge in [-0.25, -0.2) is 9.18 Å². The molecule has 2 rings (SSSR count). The largest absolute Gasteiger partial charge is 0.346 e. The zero-order valence-corrected chi connectivity index (χ0v) is 11.6. The monoisotopic (exact) mass is 291 g/mol. The minimum absolute atomic E-state index is 0.0466. The quantitative estimate of drug-likeness (QED) is 0.875. The highest BCUT2D eigenvalue weighted by Crippen LogP contribution is 2.06. The van der Waals surface area contributed by atoms with Crippen molar-refractivity contribution in [2.24, 2.45) is 14.1 Å². The van der Waals surface area contributed by atoms with Gasteiger partial charge in [0, 0.05) is 25.9 Å². The fourth-order valence-electron chi connectivity index (χ4n) is 1.86. The van der Waals surface area contributed by atoms with Crippen LogP contribution in [0.4, 0.5) is 4.39 Å². The second-order valence-corrected chi connectivity index (χ2v) is 4.54. The lowest BCUT2D eigenvalue weighted by atomic mass is 10.2. The number of hydrogen-bond acceptors (Lipinski definition) is 3.